The van der Waals surface area contributed by atoms with Crippen LogP contribution in [-0.2, 0) is 0 Å². The van der Waals surface area contributed by atoms with Gasteiger partial charge in [0.15, 0.2) is 0 Å². The fourth-order valence-electron chi connectivity index (χ4n) is 0.782. The Hall–Kier alpha value is -1.10. The highest BCUT2D eigenvalue weighted by atomic mass is 28.4. The third-order valence-electron chi connectivity index (χ3n) is 2.79. The molecule has 0 unspecified atom stereocenters. The highest BCUT2D eigenvalue weighted by Gasteiger charge is 2.39. The summed E-state index contributed by atoms with van der Waals surface area (Å²) in [5.74, 6) is 0.400. The number of aromatic hydroxyl groups is 1. The predicted octanol–water partition coefficient (Wildman–Crippen LogP) is 2.57. The topological polar surface area (TPSA) is 55.2 Å². The Morgan fingerprint density at radius 1 is 1.20 bits per heavy atom. The molecular weight excluding hydrogens is 208 g/mol. The zero-order valence-corrected chi connectivity index (χ0v) is 10.9. The molecule has 0 aliphatic rings. The van der Waals surface area contributed by atoms with Gasteiger partial charge in [0.1, 0.15) is 0 Å². The van der Waals surface area contributed by atoms with E-state index in [1.54, 1.807) is 6.07 Å². The summed E-state index contributed by atoms with van der Waals surface area (Å²) in [5.41, 5.74) is 0. The van der Waals surface area contributed by atoms with Gasteiger partial charge in [-0.25, -0.2) is 0 Å². The third-order valence-corrected chi connectivity index (χ3v) is 7.12. The molecule has 0 amide bonds. The number of hydrogen-bond donors (Lipinski definition) is 1. The van der Waals surface area contributed by atoms with Gasteiger partial charge in [0.2, 0.25) is 11.8 Å². The van der Waals surface area contributed by atoms with Crippen LogP contribution in [0.2, 0.25) is 18.1 Å². The van der Waals surface area contributed by atoms with Gasteiger partial charge in [-0.1, -0.05) is 20.8 Å². The molecule has 15 heavy (non-hydrogen) atoms. The molecule has 1 rings (SSSR count). The maximum absolute atomic E-state index is 9.00. The lowest BCUT2D eigenvalue weighted by Crippen LogP contribution is -2.44. The Labute approximate surface area is 91.4 Å². The highest BCUT2D eigenvalue weighted by molar-refractivity contribution is 6.74. The van der Waals surface area contributed by atoms with Gasteiger partial charge < -0.3 is 9.53 Å². The van der Waals surface area contributed by atoms with E-state index < -0.39 is 8.32 Å². The van der Waals surface area contributed by atoms with Crippen LogP contribution in [0.5, 0.6) is 11.8 Å². The molecule has 5 heteroatoms. The van der Waals surface area contributed by atoms with Gasteiger partial charge >= 0.3 is 0 Å². The van der Waals surface area contributed by atoms with Crippen LogP contribution in [0.3, 0.4) is 0 Å². The van der Waals surface area contributed by atoms with Crippen molar-refractivity contribution < 1.29 is 9.53 Å². The van der Waals surface area contributed by atoms with E-state index in [0.29, 0.717) is 5.88 Å². The van der Waals surface area contributed by atoms with E-state index in [1.165, 1.54) is 6.07 Å². The molecule has 0 bridgehead atoms. The Bertz CT molecular complexity index is 330. The van der Waals surface area contributed by atoms with Crippen LogP contribution >= 0.6 is 0 Å². The lowest BCUT2D eigenvalue weighted by Gasteiger charge is -2.35. The first-order valence-corrected chi connectivity index (χ1v) is 7.85. The summed E-state index contributed by atoms with van der Waals surface area (Å²) in [6.07, 6.45) is 0. The van der Waals surface area contributed by atoms with Gasteiger partial charge in [0.05, 0.1) is 0 Å². The average Bonchev–Trinajstić information content (AvgIpc) is 2.06. The second-order valence-electron chi connectivity index (χ2n) is 5.09. The molecule has 1 heterocycles. The van der Waals surface area contributed by atoms with Crippen molar-refractivity contribution in [2.45, 2.75) is 38.9 Å². The highest BCUT2D eigenvalue weighted by Crippen LogP contribution is 2.36. The molecule has 1 N–H and O–H groups in total. The summed E-state index contributed by atoms with van der Waals surface area (Å²) >= 11 is 0. The predicted molar refractivity (Wildman–Crippen MR) is 61.5 cm³/mol. The minimum absolute atomic E-state index is 0.0856. The standard InChI is InChI=1S/C10H18N2O2Si/c1-10(2,3)15(4,5)14-9-7-6-8(13)11-12-9/h6-7H,1-5H3,(H,11,13). The molecular formula is C10H18N2O2Si. The summed E-state index contributed by atoms with van der Waals surface area (Å²) in [7, 11) is -1.85. The van der Waals surface area contributed by atoms with E-state index in [0.717, 1.165) is 0 Å². The fraction of sp³-hybridized carbons (Fsp3) is 0.600. The second kappa shape index (κ2) is 3.81. The van der Waals surface area contributed by atoms with Crippen LogP contribution in [-0.4, -0.2) is 23.6 Å². The van der Waals surface area contributed by atoms with E-state index >= 15 is 0 Å². The molecule has 0 aromatic carbocycles. The zero-order chi connectivity index (χ0) is 11.7. The first-order valence-electron chi connectivity index (χ1n) is 4.94. The van der Waals surface area contributed by atoms with E-state index in [1.807, 2.05) is 0 Å². The minimum atomic E-state index is -1.85. The second-order valence-corrected chi connectivity index (χ2v) is 9.82. The summed E-state index contributed by atoms with van der Waals surface area (Å²) in [6, 6.07) is 3.12. The molecule has 0 radical (unpaired) electrons. The van der Waals surface area contributed by atoms with Gasteiger partial charge in [-0.2, -0.15) is 0 Å². The summed E-state index contributed by atoms with van der Waals surface area (Å²) in [4.78, 5) is 0. The Balaban J connectivity index is 2.82. The number of nitrogens with zero attached hydrogens (tertiary/aromatic N) is 2. The smallest absolute Gasteiger partial charge is 0.252 e. The van der Waals surface area contributed by atoms with E-state index in [4.69, 9.17) is 9.53 Å². The minimum Gasteiger partial charge on any atom is -0.530 e. The van der Waals surface area contributed by atoms with Crippen LogP contribution in [0.25, 0.3) is 0 Å². The number of rotatable bonds is 2. The van der Waals surface area contributed by atoms with Gasteiger partial charge in [-0.05, 0) is 18.1 Å². The fourth-order valence-corrected chi connectivity index (χ4v) is 1.72. The van der Waals surface area contributed by atoms with Crippen LogP contribution in [0.4, 0.5) is 0 Å². The third kappa shape index (κ3) is 2.92. The van der Waals surface area contributed by atoms with Crippen molar-refractivity contribution in [2.24, 2.45) is 0 Å². The van der Waals surface area contributed by atoms with Crippen LogP contribution in [0.15, 0.2) is 12.1 Å². The Morgan fingerprint density at radius 3 is 2.20 bits per heavy atom. The quantitative estimate of drug-likeness (QED) is 0.787. The molecule has 0 atom stereocenters. The maximum Gasteiger partial charge on any atom is 0.252 e. The van der Waals surface area contributed by atoms with Crippen molar-refractivity contribution in [3.63, 3.8) is 0 Å². The van der Waals surface area contributed by atoms with Crippen molar-refractivity contribution in [1.82, 2.24) is 10.2 Å². The van der Waals surface area contributed by atoms with Crippen molar-refractivity contribution in [2.75, 3.05) is 0 Å². The van der Waals surface area contributed by atoms with Crippen molar-refractivity contribution in [3.8, 4) is 11.8 Å². The number of aromatic nitrogens is 2. The molecule has 0 aliphatic carbocycles. The summed E-state index contributed by atoms with van der Waals surface area (Å²) in [6.45, 7) is 10.8. The molecule has 1 aromatic heterocycles. The van der Waals surface area contributed by atoms with Crippen molar-refractivity contribution in [3.05, 3.63) is 12.1 Å². The average molecular weight is 226 g/mol. The molecule has 84 valence electrons. The molecule has 0 saturated carbocycles. The first kappa shape index (κ1) is 12.0. The van der Waals surface area contributed by atoms with Crippen molar-refractivity contribution in [1.29, 1.82) is 0 Å². The monoisotopic (exact) mass is 226 g/mol. The molecule has 0 spiro atoms. The lowest BCUT2D eigenvalue weighted by atomic mass is 10.2. The Morgan fingerprint density at radius 2 is 1.80 bits per heavy atom. The van der Waals surface area contributed by atoms with Gasteiger partial charge in [0, 0.05) is 12.1 Å². The number of hydrogen-bond acceptors (Lipinski definition) is 4. The van der Waals surface area contributed by atoms with Gasteiger partial charge in [-0.3, -0.25) is 0 Å². The SMILES string of the molecule is CC(C)(C)[Si](C)(C)Oc1ccc(O)nn1. The first-order chi connectivity index (χ1) is 6.72. The van der Waals surface area contributed by atoms with E-state index in [9.17, 15) is 0 Å². The van der Waals surface area contributed by atoms with Crippen LogP contribution in [0, 0.1) is 0 Å². The molecule has 1 aromatic rings. The maximum atomic E-state index is 9.00. The Kier molecular flexibility index (Phi) is 3.04. The lowest BCUT2D eigenvalue weighted by molar-refractivity contribution is 0.427. The normalized spacial score (nSPS) is 12.6. The zero-order valence-electron chi connectivity index (χ0n) is 9.90. The molecule has 0 saturated heterocycles. The molecule has 0 fully saturated rings. The summed E-state index contributed by atoms with van der Waals surface area (Å²) in [5, 5.41) is 16.5. The van der Waals surface area contributed by atoms with Crippen LogP contribution < -0.4 is 4.43 Å². The van der Waals surface area contributed by atoms with Gasteiger partial charge in [0.25, 0.3) is 8.32 Å². The van der Waals surface area contributed by atoms with Crippen LogP contribution in [0.1, 0.15) is 20.8 Å². The van der Waals surface area contributed by atoms with E-state index in [-0.39, 0.29) is 10.9 Å². The largest absolute Gasteiger partial charge is 0.530 e. The molecule has 0 aliphatic heterocycles. The van der Waals surface area contributed by atoms with E-state index in [2.05, 4.69) is 44.1 Å². The summed E-state index contributed by atoms with van der Waals surface area (Å²) < 4.78 is 5.88. The van der Waals surface area contributed by atoms with Gasteiger partial charge in [-0.15, -0.1) is 10.2 Å². The van der Waals surface area contributed by atoms with Crippen molar-refractivity contribution >= 4 is 8.32 Å². The molecule has 4 nitrogen and oxygen atoms in total.